The normalized spacial score (nSPS) is 28.1. The van der Waals surface area contributed by atoms with Crippen molar-refractivity contribution in [2.24, 2.45) is 0 Å². The molecule has 4 nitrogen and oxygen atoms in total. The van der Waals surface area contributed by atoms with Crippen molar-refractivity contribution in [3.05, 3.63) is 11.3 Å². The van der Waals surface area contributed by atoms with E-state index in [1.807, 2.05) is 0 Å². The number of Topliss-reactive ketones (excluding diaryl/α,β-unsaturated/α-hetero) is 1. The summed E-state index contributed by atoms with van der Waals surface area (Å²) in [4.78, 5) is 11.8. The number of ketones is 1. The highest BCUT2D eigenvalue weighted by molar-refractivity contribution is 5.97. The molecular formula is C16H26O4. The topological polar surface area (TPSA) is 66.8 Å². The standard InChI is InChI=1S/C16H26O4/c1-2-3-4-5-11(17)10-12-6-7-13-14(18)8-9-15(19)16(13)20-12/h11-12,15,17,19H,2-10H2,1H3. The van der Waals surface area contributed by atoms with Crippen molar-refractivity contribution < 1.29 is 19.7 Å². The molecule has 0 aromatic carbocycles. The summed E-state index contributed by atoms with van der Waals surface area (Å²) in [5, 5.41) is 20.0. The molecule has 0 radical (unpaired) electrons. The number of carbonyl (C=O) groups excluding carboxylic acids is 1. The van der Waals surface area contributed by atoms with Crippen LogP contribution in [0.15, 0.2) is 11.3 Å². The second kappa shape index (κ2) is 7.23. The van der Waals surface area contributed by atoms with Crippen molar-refractivity contribution >= 4 is 5.78 Å². The van der Waals surface area contributed by atoms with Crippen LogP contribution in [0.3, 0.4) is 0 Å². The number of hydrogen-bond donors (Lipinski definition) is 2. The van der Waals surface area contributed by atoms with E-state index in [-0.39, 0.29) is 18.0 Å². The van der Waals surface area contributed by atoms with Crippen LogP contribution in [-0.2, 0) is 9.53 Å². The smallest absolute Gasteiger partial charge is 0.162 e. The molecule has 2 rings (SSSR count). The van der Waals surface area contributed by atoms with Crippen LogP contribution in [0.4, 0.5) is 0 Å². The summed E-state index contributed by atoms with van der Waals surface area (Å²) in [6, 6.07) is 0. The maximum Gasteiger partial charge on any atom is 0.162 e. The van der Waals surface area contributed by atoms with Gasteiger partial charge in [0.2, 0.25) is 0 Å². The zero-order valence-corrected chi connectivity index (χ0v) is 12.3. The van der Waals surface area contributed by atoms with Crippen molar-refractivity contribution in [2.75, 3.05) is 0 Å². The maximum absolute atomic E-state index is 11.8. The van der Waals surface area contributed by atoms with Gasteiger partial charge in [-0.05, 0) is 25.7 Å². The van der Waals surface area contributed by atoms with E-state index >= 15 is 0 Å². The minimum atomic E-state index is -0.636. The maximum atomic E-state index is 11.8. The number of rotatable bonds is 6. The summed E-state index contributed by atoms with van der Waals surface area (Å²) in [6.07, 6.45) is 6.03. The van der Waals surface area contributed by atoms with E-state index in [1.165, 1.54) is 0 Å². The molecule has 1 aliphatic heterocycles. The van der Waals surface area contributed by atoms with Crippen molar-refractivity contribution in [3.8, 4) is 0 Å². The molecule has 0 fully saturated rings. The van der Waals surface area contributed by atoms with Crippen molar-refractivity contribution in [1.29, 1.82) is 0 Å². The Labute approximate surface area is 120 Å². The van der Waals surface area contributed by atoms with Crippen LogP contribution >= 0.6 is 0 Å². The van der Waals surface area contributed by atoms with Crippen LogP contribution in [-0.4, -0.2) is 34.3 Å². The average molecular weight is 282 g/mol. The molecule has 0 bridgehead atoms. The van der Waals surface area contributed by atoms with Crippen molar-refractivity contribution in [1.82, 2.24) is 0 Å². The van der Waals surface area contributed by atoms with E-state index in [0.29, 0.717) is 37.0 Å². The first kappa shape index (κ1) is 15.5. The van der Waals surface area contributed by atoms with Gasteiger partial charge in [-0.25, -0.2) is 0 Å². The third kappa shape index (κ3) is 3.83. The van der Waals surface area contributed by atoms with E-state index in [2.05, 4.69) is 6.92 Å². The summed E-state index contributed by atoms with van der Waals surface area (Å²) in [5.74, 6) is 0.602. The molecule has 1 heterocycles. The Hall–Kier alpha value is -0.870. The zero-order chi connectivity index (χ0) is 14.5. The third-order valence-electron chi connectivity index (χ3n) is 4.27. The molecule has 1 aliphatic carbocycles. The van der Waals surface area contributed by atoms with Gasteiger partial charge in [-0.2, -0.15) is 0 Å². The number of allylic oxidation sites excluding steroid dienone is 1. The summed E-state index contributed by atoms with van der Waals surface area (Å²) >= 11 is 0. The predicted octanol–water partition coefficient (Wildman–Crippen LogP) is 2.47. The Balaban J connectivity index is 1.86. The van der Waals surface area contributed by atoms with Gasteiger partial charge in [0.05, 0.1) is 6.10 Å². The minimum absolute atomic E-state index is 0.0640. The number of ether oxygens (including phenoxy) is 1. The molecule has 20 heavy (non-hydrogen) atoms. The van der Waals surface area contributed by atoms with Crippen LogP contribution in [0.2, 0.25) is 0 Å². The SMILES string of the molecule is CCCCCC(O)CC1CCC2=C(O1)C(O)CCC2=O. The highest BCUT2D eigenvalue weighted by Crippen LogP contribution is 2.34. The molecule has 3 unspecified atom stereocenters. The summed E-state index contributed by atoms with van der Waals surface area (Å²) in [6.45, 7) is 2.14. The van der Waals surface area contributed by atoms with Crippen LogP contribution in [0.5, 0.6) is 0 Å². The van der Waals surface area contributed by atoms with Crippen LogP contribution in [0.25, 0.3) is 0 Å². The predicted molar refractivity (Wildman–Crippen MR) is 76.1 cm³/mol. The van der Waals surface area contributed by atoms with Gasteiger partial charge in [0, 0.05) is 18.4 Å². The first-order valence-corrected chi connectivity index (χ1v) is 7.90. The Morgan fingerprint density at radius 3 is 2.85 bits per heavy atom. The summed E-state index contributed by atoms with van der Waals surface area (Å²) in [5.41, 5.74) is 0.681. The Kier molecular flexibility index (Phi) is 5.61. The van der Waals surface area contributed by atoms with Crippen LogP contribution < -0.4 is 0 Å². The Morgan fingerprint density at radius 2 is 2.10 bits per heavy atom. The summed E-state index contributed by atoms with van der Waals surface area (Å²) < 4.78 is 5.80. The highest BCUT2D eigenvalue weighted by atomic mass is 16.5. The zero-order valence-electron chi connectivity index (χ0n) is 12.3. The molecule has 0 amide bonds. The van der Waals surface area contributed by atoms with Crippen LogP contribution in [0, 0.1) is 0 Å². The van der Waals surface area contributed by atoms with E-state index in [0.717, 1.165) is 32.1 Å². The van der Waals surface area contributed by atoms with Crippen LogP contribution in [0.1, 0.15) is 64.7 Å². The van der Waals surface area contributed by atoms with Crippen molar-refractivity contribution in [3.63, 3.8) is 0 Å². The van der Waals surface area contributed by atoms with Crippen molar-refractivity contribution in [2.45, 2.75) is 83.0 Å². The van der Waals surface area contributed by atoms with E-state index < -0.39 is 6.10 Å². The van der Waals surface area contributed by atoms with E-state index in [4.69, 9.17) is 4.74 Å². The fourth-order valence-corrected chi connectivity index (χ4v) is 3.06. The Morgan fingerprint density at radius 1 is 1.30 bits per heavy atom. The molecule has 4 heteroatoms. The molecule has 0 aromatic heterocycles. The molecule has 114 valence electrons. The first-order valence-electron chi connectivity index (χ1n) is 7.90. The van der Waals surface area contributed by atoms with E-state index in [1.54, 1.807) is 0 Å². The number of unbranched alkanes of at least 4 members (excludes halogenated alkanes) is 2. The van der Waals surface area contributed by atoms with E-state index in [9.17, 15) is 15.0 Å². The molecule has 2 aliphatic rings. The Bertz CT molecular complexity index is 375. The number of aliphatic hydroxyl groups is 2. The number of aliphatic hydroxyl groups excluding tert-OH is 2. The molecular weight excluding hydrogens is 256 g/mol. The van der Waals surface area contributed by atoms with Gasteiger partial charge < -0.3 is 14.9 Å². The molecule has 0 aromatic rings. The average Bonchev–Trinajstić information content (AvgIpc) is 2.43. The molecule has 0 saturated heterocycles. The summed E-state index contributed by atoms with van der Waals surface area (Å²) in [7, 11) is 0. The highest BCUT2D eigenvalue weighted by Gasteiger charge is 2.34. The first-order chi connectivity index (χ1) is 9.61. The largest absolute Gasteiger partial charge is 0.491 e. The van der Waals surface area contributed by atoms with Gasteiger partial charge in [-0.3, -0.25) is 4.79 Å². The van der Waals surface area contributed by atoms with Gasteiger partial charge in [-0.15, -0.1) is 0 Å². The van der Waals surface area contributed by atoms with Gasteiger partial charge in [-0.1, -0.05) is 26.2 Å². The molecule has 0 saturated carbocycles. The fourth-order valence-electron chi connectivity index (χ4n) is 3.06. The monoisotopic (exact) mass is 282 g/mol. The van der Waals surface area contributed by atoms with Gasteiger partial charge in [0.1, 0.15) is 18.0 Å². The third-order valence-corrected chi connectivity index (χ3v) is 4.27. The lowest BCUT2D eigenvalue weighted by Gasteiger charge is -2.33. The number of carbonyl (C=O) groups is 1. The second-order valence-corrected chi connectivity index (χ2v) is 5.98. The van der Waals surface area contributed by atoms with Gasteiger partial charge >= 0.3 is 0 Å². The van der Waals surface area contributed by atoms with Gasteiger partial charge in [0.15, 0.2) is 5.78 Å². The lowest BCUT2D eigenvalue weighted by Crippen LogP contribution is -2.33. The molecule has 3 atom stereocenters. The molecule has 2 N–H and O–H groups in total. The quantitative estimate of drug-likeness (QED) is 0.734. The van der Waals surface area contributed by atoms with Gasteiger partial charge in [0.25, 0.3) is 0 Å². The number of hydrogen-bond acceptors (Lipinski definition) is 4. The minimum Gasteiger partial charge on any atom is -0.491 e. The molecule has 0 spiro atoms. The fraction of sp³-hybridized carbons (Fsp3) is 0.812. The lowest BCUT2D eigenvalue weighted by molar-refractivity contribution is -0.119. The second-order valence-electron chi connectivity index (χ2n) is 5.98. The lowest BCUT2D eigenvalue weighted by atomic mass is 9.87.